The Hall–Kier alpha value is -1.35. The highest BCUT2D eigenvalue weighted by Gasteiger charge is 2.26. The first-order chi connectivity index (χ1) is 7.81. The van der Waals surface area contributed by atoms with Crippen LogP contribution in [0.5, 0.6) is 0 Å². The average molecular weight is 219 g/mol. The van der Waals surface area contributed by atoms with Gasteiger partial charge in [0, 0.05) is 31.7 Å². The lowest BCUT2D eigenvalue weighted by Gasteiger charge is -2.16. The second-order valence-electron chi connectivity index (χ2n) is 4.23. The van der Waals surface area contributed by atoms with Crippen molar-refractivity contribution in [3.63, 3.8) is 0 Å². The van der Waals surface area contributed by atoms with Crippen LogP contribution in [0.25, 0.3) is 0 Å². The number of methoxy groups -OCH3 is 1. The topological polar surface area (TPSA) is 29.5 Å². The lowest BCUT2D eigenvalue weighted by atomic mass is 10.1. The number of nitrogens with zero attached hydrogens (tertiary/aromatic N) is 1. The third-order valence-corrected chi connectivity index (χ3v) is 3.00. The number of carbonyl (C=O) groups is 1. The normalized spacial score (nSPS) is 20.1. The van der Waals surface area contributed by atoms with Gasteiger partial charge in [0.1, 0.15) is 0 Å². The lowest BCUT2D eigenvalue weighted by molar-refractivity contribution is 0.0775. The van der Waals surface area contributed by atoms with E-state index in [0.29, 0.717) is 5.92 Å². The molecule has 0 aromatic heterocycles. The minimum Gasteiger partial charge on any atom is -0.384 e. The molecule has 1 aromatic carbocycles. The molecule has 1 aromatic rings. The summed E-state index contributed by atoms with van der Waals surface area (Å²) in [5, 5.41) is 0. The Morgan fingerprint density at radius 3 is 2.88 bits per heavy atom. The third-order valence-electron chi connectivity index (χ3n) is 3.00. The van der Waals surface area contributed by atoms with Crippen LogP contribution in [0.1, 0.15) is 16.8 Å². The Morgan fingerprint density at radius 1 is 1.44 bits per heavy atom. The van der Waals surface area contributed by atoms with Crippen molar-refractivity contribution in [2.24, 2.45) is 5.92 Å². The van der Waals surface area contributed by atoms with E-state index in [4.69, 9.17) is 4.74 Å². The van der Waals surface area contributed by atoms with Gasteiger partial charge in [-0.25, -0.2) is 0 Å². The van der Waals surface area contributed by atoms with E-state index >= 15 is 0 Å². The summed E-state index contributed by atoms with van der Waals surface area (Å²) in [5.74, 6) is 0.636. The largest absolute Gasteiger partial charge is 0.384 e. The van der Waals surface area contributed by atoms with Crippen molar-refractivity contribution >= 4 is 5.91 Å². The molecule has 2 rings (SSSR count). The summed E-state index contributed by atoms with van der Waals surface area (Å²) < 4.78 is 5.12. The first-order valence-corrected chi connectivity index (χ1v) is 5.64. The van der Waals surface area contributed by atoms with Crippen LogP contribution in [0.4, 0.5) is 0 Å². The maximum absolute atomic E-state index is 12.1. The van der Waals surface area contributed by atoms with Crippen LogP contribution in [0.2, 0.25) is 0 Å². The highest BCUT2D eigenvalue weighted by Crippen LogP contribution is 2.18. The molecule has 1 saturated heterocycles. The molecule has 86 valence electrons. The third kappa shape index (κ3) is 2.42. The van der Waals surface area contributed by atoms with E-state index in [1.807, 2.05) is 35.2 Å². The Labute approximate surface area is 96.0 Å². The second kappa shape index (κ2) is 5.12. The molecule has 1 aliphatic rings. The standard InChI is InChI=1S/C13H17NO2/c1-16-10-11-7-8-14(9-11)13(15)12-5-3-2-4-6-12/h2-6,11H,7-10H2,1H3. The zero-order valence-electron chi connectivity index (χ0n) is 9.56. The van der Waals surface area contributed by atoms with Crippen molar-refractivity contribution in [2.45, 2.75) is 6.42 Å². The fraction of sp³-hybridized carbons (Fsp3) is 0.462. The van der Waals surface area contributed by atoms with Crippen molar-refractivity contribution in [3.05, 3.63) is 35.9 Å². The Balaban J connectivity index is 1.97. The summed E-state index contributed by atoms with van der Waals surface area (Å²) >= 11 is 0. The zero-order chi connectivity index (χ0) is 11.4. The van der Waals surface area contributed by atoms with Gasteiger partial charge in [-0.15, -0.1) is 0 Å². The van der Waals surface area contributed by atoms with Crippen LogP contribution >= 0.6 is 0 Å². The molecular formula is C13H17NO2. The van der Waals surface area contributed by atoms with Gasteiger partial charge in [0.25, 0.3) is 5.91 Å². The predicted octanol–water partition coefficient (Wildman–Crippen LogP) is 1.80. The van der Waals surface area contributed by atoms with Gasteiger partial charge in [-0.3, -0.25) is 4.79 Å². The molecule has 1 unspecified atom stereocenters. The minimum atomic E-state index is 0.138. The van der Waals surface area contributed by atoms with E-state index in [1.54, 1.807) is 7.11 Å². The highest BCUT2D eigenvalue weighted by atomic mass is 16.5. The SMILES string of the molecule is COCC1CCN(C(=O)c2ccccc2)C1. The monoisotopic (exact) mass is 219 g/mol. The first-order valence-electron chi connectivity index (χ1n) is 5.64. The molecule has 1 amide bonds. The number of benzene rings is 1. The van der Waals surface area contributed by atoms with E-state index in [0.717, 1.165) is 31.7 Å². The molecule has 1 heterocycles. The van der Waals surface area contributed by atoms with E-state index in [-0.39, 0.29) is 5.91 Å². The lowest BCUT2D eigenvalue weighted by Crippen LogP contribution is -2.29. The smallest absolute Gasteiger partial charge is 0.253 e. The van der Waals surface area contributed by atoms with Crippen molar-refractivity contribution < 1.29 is 9.53 Å². The summed E-state index contributed by atoms with van der Waals surface area (Å²) in [6.07, 6.45) is 1.05. The van der Waals surface area contributed by atoms with Gasteiger partial charge in [0.15, 0.2) is 0 Å². The second-order valence-corrected chi connectivity index (χ2v) is 4.23. The van der Waals surface area contributed by atoms with Gasteiger partial charge in [0.05, 0.1) is 6.61 Å². The number of likely N-dealkylation sites (tertiary alicyclic amines) is 1. The van der Waals surface area contributed by atoms with Gasteiger partial charge in [-0.1, -0.05) is 18.2 Å². The molecule has 1 fully saturated rings. The first kappa shape index (κ1) is 11.1. The molecular weight excluding hydrogens is 202 g/mol. The minimum absolute atomic E-state index is 0.138. The number of ether oxygens (including phenoxy) is 1. The van der Waals surface area contributed by atoms with Gasteiger partial charge in [-0.2, -0.15) is 0 Å². The zero-order valence-corrected chi connectivity index (χ0v) is 9.56. The van der Waals surface area contributed by atoms with Crippen LogP contribution in [0, 0.1) is 5.92 Å². The molecule has 0 saturated carbocycles. The van der Waals surface area contributed by atoms with E-state index < -0.39 is 0 Å². The summed E-state index contributed by atoms with van der Waals surface area (Å²) in [4.78, 5) is 14.0. The molecule has 0 radical (unpaired) electrons. The average Bonchev–Trinajstić information content (AvgIpc) is 2.78. The molecule has 1 aliphatic heterocycles. The number of hydrogen-bond donors (Lipinski definition) is 0. The van der Waals surface area contributed by atoms with Crippen molar-refractivity contribution in [1.29, 1.82) is 0 Å². The molecule has 0 N–H and O–H groups in total. The van der Waals surface area contributed by atoms with Gasteiger partial charge in [0.2, 0.25) is 0 Å². The Bertz CT molecular complexity index is 350. The van der Waals surface area contributed by atoms with Gasteiger partial charge < -0.3 is 9.64 Å². The predicted molar refractivity (Wildman–Crippen MR) is 62.3 cm³/mol. The summed E-state index contributed by atoms with van der Waals surface area (Å²) in [6.45, 7) is 2.42. The van der Waals surface area contributed by atoms with Crippen molar-refractivity contribution in [1.82, 2.24) is 4.90 Å². The fourth-order valence-corrected chi connectivity index (χ4v) is 2.15. The molecule has 0 aliphatic carbocycles. The highest BCUT2D eigenvalue weighted by molar-refractivity contribution is 5.94. The Kier molecular flexibility index (Phi) is 3.57. The number of hydrogen-bond acceptors (Lipinski definition) is 2. The fourth-order valence-electron chi connectivity index (χ4n) is 2.15. The van der Waals surface area contributed by atoms with Gasteiger partial charge in [-0.05, 0) is 18.6 Å². The van der Waals surface area contributed by atoms with Crippen LogP contribution in [0.3, 0.4) is 0 Å². The van der Waals surface area contributed by atoms with E-state index in [9.17, 15) is 4.79 Å². The molecule has 0 spiro atoms. The van der Waals surface area contributed by atoms with Crippen LogP contribution in [-0.2, 0) is 4.74 Å². The van der Waals surface area contributed by atoms with Crippen LogP contribution < -0.4 is 0 Å². The van der Waals surface area contributed by atoms with Crippen LogP contribution in [-0.4, -0.2) is 37.6 Å². The quantitative estimate of drug-likeness (QED) is 0.775. The molecule has 3 heteroatoms. The number of amides is 1. The van der Waals surface area contributed by atoms with Crippen molar-refractivity contribution in [2.75, 3.05) is 26.8 Å². The summed E-state index contributed by atoms with van der Waals surface area (Å²) in [6, 6.07) is 9.46. The van der Waals surface area contributed by atoms with Gasteiger partial charge >= 0.3 is 0 Å². The van der Waals surface area contributed by atoms with Crippen LogP contribution in [0.15, 0.2) is 30.3 Å². The molecule has 3 nitrogen and oxygen atoms in total. The maximum Gasteiger partial charge on any atom is 0.253 e. The van der Waals surface area contributed by atoms with E-state index in [2.05, 4.69) is 0 Å². The molecule has 1 atom stereocenters. The summed E-state index contributed by atoms with van der Waals surface area (Å²) in [7, 11) is 1.71. The maximum atomic E-state index is 12.1. The number of carbonyl (C=O) groups excluding carboxylic acids is 1. The Morgan fingerprint density at radius 2 is 2.19 bits per heavy atom. The molecule has 16 heavy (non-hydrogen) atoms. The summed E-state index contributed by atoms with van der Waals surface area (Å²) in [5.41, 5.74) is 0.778. The molecule has 0 bridgehead atoms. The van der Waals surface area contributed by atoms with Crippen molar-refractivity contribution in [3.8, 4) is 0 Å². The van der Waals surface area contributed by atoms with E-state index in [1.165, 1.54) is 0 Å². The number of rotatable bonds is 3.